The van der Waals surface area contributed by atoms with Gasteiger partial charge in [0.15, 0.2) is 17.3 Å². The number of benzene rings is 2. The number of nitrogens with zero attached hydrogens (tertiary/aromatic N) is 3. The fourth-order valence-electron chi connectivity index (χ4n) is 2.79. The molecular weight excluding hydrogens is 358 g/mol. The molecule has 3 rings (SSSR count). The zero-order chi connectivity index (χ0) is 20.1. The second-order valence-electron chi connectivity index (χ2n) is 6.15. The Bertz CT molecular complexity index is 953. The fraction of sp³-hybridized carbons (Fsp3) is 0.250. The molecule has 3 aromatic rings. The van der Waals surface area contributed by atoms with E-state index in [4.69, 9.17) is 14.2 Å². The Labute approximate surface area is 163 Å². The number of ether oxygens (including phenoxy) is 3. The average molecular weight is 381 g/mol. The maximum Gasteiger partial charge on any atom is 0.249 e. The van der Waals surface area contributed by atoms with Gasteiger partial charge in [-0.15, -0.1) is 5.10 Å². The van der Waals surface area contributed by atoms with E-state index < -0.39 is 0 Å². The van der Waals surface area contributed by atoms with Crippen molar-refractivity contribution in [2.75, 3.05) is 32.0 Å². The van der Waals surface area contributed by atoms with E-state index in [1.54, 1.807) is 33.5 Å². The summed E-state index contributed by atoms with van der Waals surface area (Å²) in [6.07, 6.45) is 1.54. The topological polar surface area (TPSA) is 90.4 Å². The predicted molar refractivity (Wildman–Crippen MR) is 108 cm³/mol. The largest absolute Gasteiger partial charge is 0.493 e. The molecule has 0 unspecified atom stereocenters. The molecule has 8 heteroatoms. The van der Waals surface area contributed by atoms with Crippen molar-refractivity contribution in [3.05, 3.63) is 47.7 Å². The number of hydrogen-bond acceptors (Lipinski definition) is 8. The zero-order valence-electron chi connectivity index (χ0n) is 16.5. The van der Waals surface area contributed by atoms with E-state index in [1.807, 2.05) is 19.1 Å². The second kappa shape index (κ2) is 8.43. The van der Waals surface area contributed by atoms with E-state index in [0.29, 0.717) is 34.7 Å². The summed E-state index contributed by atoms with van der Waals surface area (Å²) in [5.74, 6) is 2.52. The third-order valence-electron chi connectivity index (χ3n) is 4.12. The first-order valence-electron chi connectivity index (χ1n) is 8.65. The van der Waals surface area contributed by atoms with E-state index >= 15 is 0 Å². The monoisotopic (exact) mass is 381 g/mol. The lowest BCUT2D eigenvalue weighted by Gasteiger charge is -2.15. The summed E-state index contributed by atoms with van der Waals surface area (Å²) in [6, 6.07) is 9.70. The summed E-state index contributed by atoms with van der Waals surface area (Å²) in [5.41, 5.74) is 3.94. The van der Waals surface area contributed by atoms with Gasteiger partial charge in [-0.1, -0.05) is 17.7 Å². The van der Waals surface area contributed by atoms with Crippen LogP contribution in [-0.2, 0) is 0 Å². The van der Waals surface area contributed by atoms with Crippen LogP contribution >= 0.6 is 0 Å². The van der Waals surface area contributed by atoms with Gasteiger partial charge < -0.3 is 24.8 Å². The first-order chi connectivity index (χ1) is 13.5. The fourth-order valence-corrected chi connectivity index (χ4v) is 2.79. The molecule has 0 saturated carbocycles. The Hall–Kier alpha value is -3.55. The molecule has 8 nitrogen and oxygen atoms in total. The normalized spacial score (nSPS) is 10.3. The van der Waals surface area contributed by atoms with Gasteiger partial charge in [0.25, 0.3) is 0 Å². The van der Waals surface area contributed by atoms with Crippen LogP contribution in [0, 0.1) is 13.8 Å². The van der Waals surface area contributed by atoms with Crippen LogP contribution < -0.4 is 24.8 Å². The molecule has 1 aromatic heterocycles. The van der Waals surface area contributed by atoms with Crippen molar-refractivity contribution in [1.82, 2.24) is 15.2 Å². The highest BCUT2D eigenvalue weighted by Gasteiger charge is 2.14. The highest BCUT2D eigenvalue weighted by molar-refractivity contribution is 5.67. The summed E-state index contributed by atoms with van der Waals surface area (Å²) < 4.78 is 16.1. The second-order valence-corrected chi connectivity index (χ2v) is 6.15. The SMILES string of the molecule is COc1cc(Nc2cnnc(Nc3ccc(C)cc3C)n2)cc(OC)c1OC. The van der Waals surface area contributed by atoms with Crippen molar-refractivity contribution in [2.24, 2.45) is 0 Å². The van der Waals surface area contributed by atoms with Crippen LogP contribution in [0.1, 0.15) is 11.1 Å². The van der Waals surface area contributed by atoms with E-state index in [0.717, 1.165) is 11.3 Å². The standard InChI is InChI=1S/C20H23N5O3/c1-12-6-7-15(13(2)8-12)23-20-24-18(11-21-25-20)22-14-9-16(26-3)19(28-5)17(10-14)27-4/h6-11H,1-5H3,(H2,22,23,24,25). The van der Waals surface area contributed by atoms with E-state index in [9.17, 15) is 0 Å². The van der Waals surface area contributed by atoms with Crippen LogP contribution in [0.5, 0.6) is 17.2 Å². The molecule has 0 amide bonds. The predicted octanol–water partition coefficient (Wildman–Crippen LogP) is 4.00. The number of methoxy groups -OCH3 is 3. The molecule has 0 spiro atoms. The Kier molecular flexibility index (Phi) is 5.78. The lowest BCUT2D eigenvalue weighted by atomic mass is 10.1. The van der Waals surface area contributed by atoms with Crippen LogP contribution in [0.3, 0.4) is 0 Å². The molecule has 0 bridgehead atoms. The Morgan fingerprint density at radius 2 is 1.57 bits per heavy atom. The first-order valence-corrected chi connectivity index (χ1v) is 8.65. The molecule has 2 aromatic carbocycles. The number of aromatic nitrogens is 3. The summed E-state index contributed by atoms with van der Waals surface area (Å²) in [4.78, 5) is 4.47. The third-order valence-corrected chi connectivity index (χ3v) is 4.12. The molecule has 0 aliphatic heterocycles. The van der Waals surface area contributed by atoms with Crippen molar-refractivity contribution in [1.29, 1.82) is 0 Å². The molecule has 0 radical (unpaired) electrons. The van der Waals surface area contributed by atoms with Crippen molar-refractivity contribution in [3.8, 4) is 17.2 Å². The van der Waals surface area contributed by atoms with Gasteiger partial charge in [-0.05, 0) is 25.5 Å². The molecule has 0 atom stereocenters. The van der Waals surface area contributed by atoms with Gasteiger partial charge >= 0.3 is 0 Å². The smallest absolute Gasteiger partial charge is 0.249 e. The Balaban J connectivity index is 1.85. The van der Waals surface area contributed by atoms with Crippen molar-refractivity contribution in [3.63, 3.8) is 0 Å². The highest BCUT2D eigenvalue weighted by atomic mass is 16.5. The van der Waals surface area contributed by atoms with Gasteiger partial charge in [0.05, 0.1) is 27.5 Å². The van der Waals surface area contributed by atoms with Crippen LogP contribution in [0.2, 0.25) is 0 Å². The van der Waals surface area contributed by atoms with Gasteiger partial charge in [-0.25, -0.2) is 0 Å². The van der Waals surface area contributed by atoms with Gasteiger partial charge in [0.2, 0.25) is 11.7 Å². The average Bonchev–Trinajstić information content (AvgIpc) is 2.69. The van der Waals surface area contributed by atoms with Crippen LogP contribution in [0.25, 0.3) is 0 Å². The van der Waals surface area contributed by atoms with Crippen LogP contribution in [0.15, 0.2) is 36.5 Å². The van der Waals surface area contributed by atoms with E-state index in [-0.39, 0.29) is 0 Å². The van der Waals surface area contributed by atoms with Crippen LogP contribution in [-0.4, -0.2) is 36.5 Å². The third kappa shape index (κ3) is 4.22. The minimum absolute atomic E-state index is 0.393. The molecule has 0 saturated heterocycles. The first kappa shape index (κ1) is 19.2. The van der Waals surface area contributed by atoms with Crippen molar-refractivity contribution in [2.45, 2.75) is 13.8 Å². The molecule has 28 heavy (non-hydrogen) atoms. The Morgan fingerprint density at radius 3 is 2.18 bits per heavy atom. The minimum atomic E-state index is 0.393. The van der Waals surface area contributed by atoms with Gasteiger partial charge in [0.1, 0.15) is 0 Å². The Morgan fingerprint density at radius 1 is 0.857 bits per heavy atom. The summed E-state index contributed by atoms with van der Waals surface area (Å²) >= 11 is 0. The summed E-state index contributed by atoms with van der Waals surface area (Å²) in [5, 5.41) is 14.5. The van der Waals surface area contributed by atoms with Crippen LogP contribution in [0.4, 0.5) is 23.1 Å². The number of aryl methyl sites for hydroxylation is 2. The molecular formula is C20H23N5O3. The molecule has 0 aliphatic rings. The molecule has 2 N–H and O–H groups in total. The summed E-state index contributed by atoms with van der Waals surface area (Å²) in [6.45, 7) is 4.08. The van der Waals surface area contributed by atoms with Gasteiger partial charge in [-0.2, -0.15) is 10.1 Å². The van der Waals surface area contributed by atoms with Gasteiger partial charge in [-0.3, -0.25) is 0 Å². The lowest BCUT2D eigenvalue weighted by Crippen LogP contribution is -2.04. The molecule has 146 valence electrons. The number of nitrogens with one attached hydrogen (secondary N) is 2. The zero-order valence-corrected chi connectivity index (χ0v) is 16.5. The quantitative estimate of drug-likeness (QED) is 0.635. The maximum atomic E-state index is 5.38. The molecule has 1 heterocycles. The molecule has 0 aliphatic carbocycles. The maximum absolute atomic E-state index is 5.38. The number of rotatable bonds is 7. The summed E-state index contributed by atoms with van der Waals surface area (Å²) in [7, 11) is 4.70. The van der Waals surface area contributed by atoms with Crippen molar-refractivity contribution >= 4 is 23.1 Å². The van der Waals surface area contributed by atoms with E-state index in [1.165, 1.54) is 11.8 Å². The minimum Gasteiger partial charge on any atom is -0.493 e. The lowest BCUT2D eigenvalue weighted by molar-refractivity contribution is 0.324. The van der Waals surface area contributed by atoms with Crippen molar-refractivity contribution < 1.29 is 14.2 Å². The highest BCUT2D eigenvalue weighted by Crippen LogP contribution is 2.40. The number of hydrogen-bond donors (Lipinski definition) is 2. The molecule has 0 fully saturated rings. The van der Waals surface area contributed by atoms with E-state index in [2.05, 4.69) is 38.8 Å². The van der Waals surface area contributed by atoms with Gasteiger partial charge in [0, 0.05) is 23.5 Å². The number of anilines is 4.